The van der Waals surface area contributed by atoms with Gasteiger partial charge in [-0.15, -0.1) is 11.8 Å². The monoisotopic (exact) mass is 308 g/mol. The Labute approximate surface area is 127 Å². The van der Waals surface area contributed by atoms with Gasteiger partial charge >= 0.3 is 11.7 Å². The quantitative estimate of drug-likeness (QED) is 0.332. The van der Waals surface area contributed by atoms with Crippen LogP contribution >= 0.6 is 11.8 Å². The van der Waals surface area contributed by atoms with Crippen molar-refractivity contribution in [3.63, 3.8) is 0 Å². The number of para-hydroxylation sites is 1. The molecule has 0 aliphatic heterocycles. The van der Waals surface area contributed by atoms with Crippen molar-refractivity contribution in [3.8, 4) is 6.07 Å². The van der Waals surface area contributed by atoms with Gasteiger partial charge in [0.25, 0.3) is 0 Å². The van der Waals surface area contributed by atoms with Gasteiger partial charge in [0, 0.05) is 11.7 Å². The van der Waals surface area contributed by atoms with Gasteiger partial charge in [0.15, 0.2) is 0 Å². The molecule has 1 aromatic carbocycles. The minimum Gasteiger partial charge on any atom is -0.466 e. The molecule has 1 atom stereocenters. The highest BCUT2D eigenvalue weighted by Crippen LogP contribution is 2.35. The van der Waals surface area contributed by atoms with E-state index in [4.69, 9.17) is 10.00 Å². The van der Waals surface area contributed by atoms with Crippen molar-refractivity contribution in [2.24, 2.45) is 0 Å². The number of benzene rings is 1. The molecule has 7 heteroatoms. The van der Waals surface area contributed by atoms with E-state index in [-0.39, 0.29) is 28.9 Å². The number of hydrogen-bond acceptors (Lipinski definition) is 6. The fourth-order valence-electron chi connectivity index (χ4n) is 1.73. The van der Waals surface area contributed by atoms with Gasteiger partial charge in [-0.1, -0.05) is 13.0 Å². The number of carbonyl (C=O) groups is 1. The molecule has 0 heterocycles. The summed E-state index contributed by atoms with van der Waals surface area (Å²) in [7, 11) is 0. The molecule has 112 valence electrons. The average Bonchev–Trinajstić information content (AvgIpc) is 2.44. The third-order valence-electron chi connectivity index (χ3n) is 2.69. The van der Waals surface area contributed by atoms with E-state index < -0.39 is 4.92 Å². The number of thioether (sulfide) groups is 1. The maximum absolute atomic E-state index is 11.3. The lowest BCUT2D eigenvalue weighted by atomic mass is 10.2. The zero-order valence-corrected chi connectivity index (χ0v) is 12.7. The largest absolute Gasteiger partial charge is 0.466 e. The van der Waals surface area contributed by atoms with E-state index in [9.17, 15) is 14.9 Å². The maximum Gasteiger partial charge on any atom is 0.305 e. The summed E-state index contributed by atoms with van der Waals surface area (Å²) in [5.74, 6) is -0.273. The van der Waals surface area contributed by atoms with Gasteiger partial charge in [0.1, 0.15) is 11.6 Å². The van der Waals surface area contributed by atoms with Crippen LogP contribution < -0.4 is 0 Å². The Bertz CT molecular complexity index is 569. The summed E-state index contributed by atoms with van der Waals surface area (Å²) in [4.78, 5) is 22.3. The third kappa shape index (κ3) is 5.08. The maximum atomic E-state index is 11.3. The lowest BCUT2D eigenvalue weighted by Crippen LogP contribution is -2.07. The van der Waals surface area contributed by atoms with Gasteiger partial charge in [-0.05, 0) is 25.5 Å². The van der Waals surface area contributed by atoms with Crippen molar-refractivity contribution in [2.45, 2.75) is 36.8 Å². The number of carbonyl (C=O) groups excluding carboxylic acids is 1. The Hall–Kier alpha value is -2.07. The molecule has 21 heavy (non-hydrogen) atoms. The van der Waals surface area contributed by atoms with Crippen molar-refractivity contribution in [2.75, 3.05) is 6.61 Å². The molecule has 0 aromatic heterocycles. The second kappa shape index (κ2) is 8.27. The van der Waals surface area contributed by atoms with E-state index in [1.165, 1.54) is 17.8 Å². The van der Waals surface area contributed by atoms with Crippen LogP contribution in [0.5, 0.6) is 0 Å². The van der Waals surface area contributed by atoms with Crippen molar-refractivity contribution >= 4 is 23.4 Å². The van der Waals surface area contributed by atoms with Gasteiger partial charge in [0.2, 0.25) is 0 Å². The molecule has 0 saturated heterocycles. The first-order valence-electron chi connectivity index (χ1n) is 6.49. The molecular formula is C14H16N2O4S. The van der Waals surface area contributed by atoms with Crippen LogP contribution in [-0.2, 0) is 9.53 Å². The molecule has 0 fully saturated rings. The highest BCUT2D eigenvalue weighted by atomic mass is 32.2. The molecule has 0 unspecified atom stereocenters. The first-order valence-corrected chi connectivity index (χ1v) is 7.37. The second-order valence-electron chi connectivity index (χ2n) is 4.29. The Kier molecular flexibility index (Phi) is 6.69. The summed E-state index contributed by atoms with van der Waals surface area (Å²) in [5.41, 5.74) is -0.129. The summed E-state index contributed by atoms with van der Waals surface area (Å²) < 4.78 is 4.84. The van der Waals surface area contributed by atoms with Crippen LogP contribution in [0.4, 0.5) is 5.69 Å². The Balaban J connectivity index is 2.77. The van der Waals surface area contributed by atoms with Crippen LogP contribution in [0.1, 0.15) is 32.3 Å². The van der Waals surface area contributed by atoms with Crippen LogP contribution in [0.2, 0.25) is 0 Å². The Morgan fingerprint density at radius 2 is 2.29 bits per heavy atom. The van der Waals surface area contributed by atoms with E-state index in [1.807, 2.05) is 13.0 Å². The lowest BCUT2D eigenvalue weighted by Gasteiger charge is -2.11. The smallest absolute Gasteiger partial charge is 0.305 e. The number of nitro benzene ring substituents is 1. The minimum atomic E-state index is -0.543. The highest BCUT2D eigenvalue weighted by molar-refractivity contribution is 8.00. The molecular weight excluding hydrogens is 292 g/mol. The zero-order chi connectivity index (χ0) is 15.8. The summed E-state index contributed by atoms with van der Waals surface area (Å²) in [5, 5.41) is 20.0. The van der Waals surface area contributed by atoms with Gasteiger partial charge in [-0.3, -0.25) is 14.9 Å². The molecule has 0 aliphatic carbocycles. The molecule has 6 nitrogen and oxygen atoms in total. The Morgan fingerprint density at radius 3 is 2.86 bits per heavy atom. The molecule has 0 N–H and O–H groups in total. The van der Waals surface area contributed by atoms with E-state index in [1.54, 1.807) is 19.1 Å². The first kappa shape index (κ1) is 17.0. The topological polar surface area (TPSA) is 93.2 Å². The number of hydrogen-bond donors (Lipinski definition) is 0. The van der Waals surface area contributed by atoms with Gasteiger partial charge < -0.3 is 4.74 Å². The SMILES string of the molecule is CCOC(=O)CC[C@H](C)Sc1cccc(C#N)c1[N+](=O)[O-]. The van der Waals surface area contributed by atoms with Crippen LogP contribution in [-0.4, -0.2) is 22.7 Å². The molecule has 0 spiro atoms. The predicted octanol–water partition coefficient (Wildman–Crippen LogP) is 3.29. The van der Waals surface area contributed by atoms with Gasteiger partial charge in [-0.2, -0.15) is 5.26 Å². The van der Waals surface area contributed by atoms with Crippen LogP contribution in [0.25, 0.3) is 0 Å². The van der Waals surface area contributed by atoms with Crippen LogP contribution in [0, 0.1) is 21.4 Å². The first-order chi connectivity index (χ1) is 9.99. The van der Waals surface area contributed by atoms with Gasteiger partial charge in [0.05, 0.1) is 16.4 Å². The van der Waals surface area contributed by atoms with Crippen molar-refractivity contribution in [3.05, 3.63) is 33.9 Å². The Morgan fingerprint density at radius 1 is 1.57 bits per heavy atom. The van der Waals surface area contributed by atoms with E-state index in [0.29, 0.717) is 17.9 Å². The highest BCUT2D eigenvalue weighted by Gasteiger charge is 2.21. The van der Waals surface area contributed by atoms with Gasteiger partial charge in [-0.25, -0.2) is 0 Å². The number of ether oxygens (including phenoxy) is 1. The number of nitrogens with zero attached hydrogens (tertiary/aromatic N) is 2. The van der Waals surface area contributed by atoms with Crippen LogP contribution in [0.15, 0.2) is 23.1 Å². The summed E-state index contributed by atoms with van der Waals surface area (Å²) in [6, 6.07) is 6.48. The molecule has 1 aromatic rings. The zero-order valence-electron chi connectivity index (χ0n) is 11.9. The minimum absolute atomic E-state index is 0.00190. The van der Waals surface area contributed by atoms with Crippen LogP contribution in [0.3, 0.4) is 0 Å². The molecule has 0 radical (unpaired) electrons. The fraction of sp³-hybridized carbons (Fsp3) is 0.429. The summed E-state index contributed by atoms with van der Waals surface area (Å²) >= 11 is 1.29. The molecule has 0 aliphatic rings. The standard InChI is InChI=1S/C14H16N2O4S/c1-3-20-13(17)8-7-10(2)21-12-6-4-5-11(9-15)14(12)16(18)19/h4-6,10H,3,7-8H2,1-2H3/t10-/m0/s1. The van der Waals surface area contributed by atoms with E-state index >= 15 is 0 Å². The molecule has 0 bridgehead atoms. The number of esters is 1. The number of rotatable bonds is 7. The fourth-order valence-corrected chi connectivity index (χ4v) is 2.85. The number of nitriles is 1. The lowest BCUT2D eigenvalue weighted by molar-refractivity contribution is -0.388. The van der Waals surface area contributed by atoms with Crippen molar-refractivity contribution in [1.29, 1.82) is 5.26 Å². The summed E-state index contributed by atoms with van der Waals surface area (Å²) in [6.45, 7) is 3.97. The van der Waals surface area contributed by atoms with E-state index in [2.05, 4.69) is 0 Å². The average molecular weight is 308 g/mol. The van der Waals surface area contributed by atoms with Crippen molar-refractivity contribution in [1.82, 2.24) is 0 Å². The number of nitro groups is 1. The molecule has 0 amide bonds. The normalized spacial score (nSPS) is 11.5. The molecule has 0 saturated carbocycles. The van der Waals surface area contributed by atoms with E-state index in [0.717, 1.165) is 0 Å². The second-order valence-corrected chi connectivity index (χ2v) is 5.77. The van der Waals surface area contributed by atoms with Crippen molar-refractivity contribution < 1.29 is 14.5 Å². The third-order valence-corrected chi connectivity index (χ3v) is 3.91. The summed E-state index contributed by atoms with van der Waals surface area (Å²) in [6.07, 6.45) is 0.825. The predicted molar refractivity (Wildman–Crippen MR) is 79.0 cm³/mol. The molecule has 1 rings (SSSR count).